The van der Waals surface area contributed by atoms with E-state index >= 15 is 0 Å². The lowest BCUT2D eigenvalue weighted by Crippen LogP contribution is -2.46. The average molecular weight is 388 g/mol. The molecule has 0 radical (unpaired) electrons. The number of benzene rings is 2. The Morgan fingerprint density at radius 1 is 0.966 bits per heavy atom. The van der Waals surface area contributed by atoms with Crippen molar-refractivity contribution in [2.75, 3.05) is 11.4 Å². The first-order valence-electron chi connectivity index (χ1n) is 10.4. The Labute approximate surface area is 170 Å². The molecule has 5 heteroatoms. The molecule has 5 rings (SSSR count). The van der Waals surface area contributed by atoms with Gasteiger partial charge in [0.2, 0.25) is 11.8 Å². The summed E-state index contributed by atoms with van der Waals surface area (Å²) in [5.74, 6) is -1.44. The molecular formula is C24H24N2O3. The van der Waals surface area contributed by atoms with E-state index in [1.165, 1.54) is 4.90 Å². The summed E-state index contributed by atoms with van der Waals surface area (Å²) in [6, 6.07) is 16.2. The second kappa shape index (κ2) is 6.92. The standard InChI is InChI=1S/C24H24N2O3/c1-2-15-10-12-17(13-11-15)26-23(28)19-18-9-6-14-25(18)21(20(19)24(26)29)22(27)16-7-4-3-5-8-16/h3-5,7-8,10-13,18-21H,2,6,9,14H2,1H3/t18-,19-,20+,21+/m1/s1. The summed E-state index contributed by atoms with van der Waals surface area (Å²) in [7, 11) is 0. The predicted molar refractivity (Wildman–Crippen MR) is 110 cm³/mol. The van der Waals surface area contributed by atoms with E-state index in [0.717, 1.165) is 31.4 Å². The highest BCUT2D eigenvalue weighted by Gasteiger charge is 2.64. The quantitative estimate of drug-likeness (QED) is 0.597. The lowest BCUT2D eigenvalue weighted by Gasteiger charge is -2.27. The Kier molecular flexibility index (Phi) is 4.36. The number of ketones is 1. The fourth-order valence-electron chi connectivity index (χ4n) is 5.42. The Morgan fingerprint density at radius 2 is 1.66 bits per heavy atom. The number of aryl methyl sites for hydroxylation is 1. The lowest BCUT2D eigenvalue weighted by atomic mass is 9.85. The van der Waals surface area contributed by atoms with Crippen LogP contribution in [-0.4, -0.2) is 41.1 Å². The van der Waals surface area contributed by atoms with Gasteiger partial charge in [-0.15, -0.1) is 0 Å². The minimum absolute atomic E-state index is 0.0194. The van der Waals surface area contributed by atoms with Gasteiger partial charge in [-0.05, 0) is 43.5 Å². The predicted octanol–water partition coefficient (Wildman–Crippen LogP) is 3.08. The highest BCUT2D eigenvalue weighted by atomic mass is 16.2. The van der Waals surface area contributed by atoms with Gasteiger partial charge in [-0.25, -0.2) is 4.90 Å². The SMILES string of the molecule is CCc1ccc(N2C(=O)[C@H]3[C@H](C2=O)[C@@H](C(=O)c2ccccc2)N2CCC[C@H]32)cc1. The summed E-state index contributed by atoms with van der Waals surface area (Å²) in [4.78, 5) is 43.7. The highest BCUT2D eigenvalue weighted by molar-refractivity contribution is 6.24. The Balaban J connectivity index is 1.53. The van der Waals surface area contributed by atoms with Crippen LogP contribution in [0.15, 0.2) is 54.6 Å². The molecule has 29 heavy (non-hydrogen) atoms. The smallest absolute Gasteiger partial charge is 0.239 e. The molecule has 3 aliphatic rings. The van der Waals surface area contributed by atoms with Crippen molar-refractivity contribution in [3.05, 3.63) is 65.7 Å². The molecule has 5 nitrogen and oxygen atoms in total. The van der Waals surface area contributed by atoms with Crippen LogP contribution in [0.2, 0.25) is 0 Å². The van der Waals surface area contributed by atoms with Crippen molar-refractivity contribution < 1.29 is 14.4 Å². The molecule has 0 aromatic heterocycles. The lowest BCUT2D eigenvalue weighted by molar-refractivity contribution is -0.123. The molecule has 0 bridgehead atoms. The number of hydrogen-bond acceptors (Lipinski definition) is 4. The maximum atomic E-state index is 13.5. The summed E-state index contributed by atoms with van der Waals surface area (Å²) >= 11 is 0. The van der Waals surface area contributed by atoms with E-state index in [2.05, 4.69) is 11.8 Å². The van der Waals surface area contributed by atoms with Gasteiger partial charge in [0.25, 0.3) is 0 Å². The number of carbonyl (C=O) groups excluding carboxylic acids is 3. The van der Waals surface area contributed by atoms with Crippen LogP contribution in [0.25, 0.3) is 0 Å². The first kappa shape index (κ1) is 18.3. The normalized spacial score (nSPS) is 28.7. The van der Waals surface area contributed by atoms with Crippen LogP contribution in [-0.2, 0) is 16.0 Å². The summed E-state index contributed by atoms with van der Waals surface area (Å²) in [6.45, 7) is 2.84. The van der Waals surface area contributed by atoms with Gasteiger partial charge in [0.15, 0.2) is 5.78 Å². The van der Waals surface area contributed by atoms with Gasteiger partial charge < -0.3 is 0 Å². The molecule has 2 aromatic carbocycles. The second-order valence-electron chi connectivity index (χ2n) is 8.21. The highest BCUT2D eigenvalue weighted by Crippen LogP contribution is 2.48. The summed E-state index contributed by atoms with van der Waals surface area (Å²) in [5, 5.41) is 0. The van der Waals surface area contributed by atoms with Gasteiger partial charge >= 0.3 is 0 Å². The molecule has 0 aliphatic carbocycles. The number of carbonyl (C=O) groups is 3. The maximum absolute atomic E-state index is 13.5. The summed E-state index contributed by atoms with van der Waals surface area (Å²) in [6.07, 6.45) is 2.72. The first-order valence-corrected chi connectivity index (χ1v) is 10.4. The number of hydrogen-bond donors (Lipinski definition) is 0. The molecule has 4 atom stereocenters. The van der Waals surface area contributed by atoms with E-state index in [4.69, 9.17) is 0 Å². The molecule has 0 unspecified atom stereocenters. The van der Waals surface area contributed by atoms with Crippen LogP contribution in [0, 0.1) is 11.8 Å². The third-order valence-electron chi connectivity index (χ3n) is 6.78. The van der Waals surface area contributed by atoms with Gasteiger partial charge in [0.1, 0.15) is 0 Å². The van der Waals surface area contributed by atoms with Gasteiger partial charge in [-0.2, -0.15) is 0 Å². The van der Waals surface area contributed by atoms with Crippen molar-refractivity contribution in [1.29, 1.82) is 0 Å². The van der Waals surface area contributed by atoms with Crippen molar-refractivity contribution in [2.45, 2.75) is 38.3 Å². The van der Waals surface area contributed by atoms with Crippen LogP contribution >= 0.6 is 0 Å². The largest absolute Gasteiger partial charge is 0.292 e. The summed E-state index contributed by atoms with van der Waals surface area (Å²) < 4.78 is 0. The molecule has 0 N–H and O–H groups in total. The van der Waals surface area contributed by atoms with Crippen molar-refractivity contribution in [3.8, 4) is 0 Å². The molecule has 3 heterocycles. The Morgan fingerprint density at radius 3 is 2.34 bits per heavy atom. The molecule has 2 aromatic rings. The second-order valence-corrected chi connectivity index (χ2v) is 8.21. The molecule has 0 saturated carbocycles. The number of amides is 2. The third kappa shape index (κ3) is 2.68. The van der Waals surface area contributed by atoms with Crippen molar-refractivity contribution in [3.63, 3.8) is 0 Å². The van der Waals surface area contributed by atoms with Gasteiger partial charge in [-0.1, -0.05) is 49.4 Å². The van der Waals surface area contributed by atoms with Gasteiger partial charge in [0.05, 0.1) is 23.6 Å². The monoisotopic (exact) mass is 388 g/mol. The number of imide groups is 1. The van der Waals surface area contributed by atoms with Crippen molar-refractivity contribution in [1.82, 2.24) is 4.90 Å². The van der Waals surface area contributed by atoms with E-state index in [1.54, 1.807) is 12.1 Å². The van der Waals surface area contributed by atoms with Gasteiger partial charge in [-0.3, -0.25) is 19.3 Å². The minimum atomic E-state index is -0.591. The number of fused-ring (bicyclic) bond motifs is 3. The molecular weight excluding hydrogens is 364 g/mol. The molecule has 3 fully saturated rings. The van der Waals surface area contributed by atoms with Crippen LogP contribution in [0.4, 0.5) is 5.69 Å². The molecule has 0 spiro atoms. The number of Topliss-reactive ketones (excluding diaryl/α,β-unsaturated/α-hetero) is 1. The van der Waals surface area contributed by atoms with E-state index in [1.807, 2.05) is 42.5 Å². The van der Waals surface area contributed by atoms with E-state index in [9.17, 15) is 14.4 Å². The van der Waals surface area contributed by atoms with Crippen molar-refractivity contribution >= 4 is 23.3 Å². The number of rotatable bonds is 4. The topological polar surface area (TPSA) is 57.7 Å². The van der Waals surface area contributed by atoms with E-state index in [0.29, 0.717) is 11.3 Å². The maximum Gasteiger partial charge on any atom is 0.239 e. The minimum Gasteiger partial charge on any atom is -0.292 e. The summed E-state index contributed by atoms with van der Waals surface area (Å²) in [5.41, 5.74) is 2.38. The van der Waals surface area contributed by atoms with Crippen LogP contribution < -0.4 is 4.90 Å². The van der Waals surface area contributed by atoms with Crippen LogP contribution in [0.3, 0.4) is 0 Å². The van der Waals surface area contributed by atoms with Gasteiger partial charge in [0, 0.05) is 11.6 Å². The zero-order valence-corrected chi connectivity index (χ0v) is 16.5. The Bertz CT molecular complexity index is 969. The van der Waals surface area contributed by atoms with Crippen LogP contribution in [0.5, 0.6) is 0 Å². The molecule has 3 aliphatic heterocycles. The molecule has 2 amide bonds. The third-order valence-corrected chi connectivity index (χ3v) is 6.78. The van der Waals surface area contributed by atoms with Crippen molar-refractivity contribution in [2.24, 2.45) is 11.8 Å². The number of anilines is 1. The zero-order valence-electron chi connectivity index (χ0n) is 16.5. The molecule has 3 saturated heterocycles. The number of nitrogens with zero attached hydrogens (tertiary/aromatic N) is 2. The van der Waals surface area contributed by atoms with E-state index in [-0.39, 0.29) is 23.6 Å². The van der Waals surface area contributed by atoms with Crippen LogP contribution in [0.1, 0.15) is 35.7 Å². The fourth-order valence-corrected chi connectivity index (χ4v) is 5.42. The molecule has 148 valence electrons. The van der Waals surface area contributed by atoms with E-state index < -0.39 is 17.9 Å². The average Bonchev–Trinajstić information content (AvgIpc) is 3.40. The zero-order chi connectivity index (χ0) is 20.1. The Hall–Kier alpha value is -2.79. The fraction of sp³-hybridized carbons (Fsp3) is 0.375. The first-order chi connectivity index (χ1) is 14.1.